The molecule has 14 heavy (non-hydrogen) atoms. The monoisotopic (exact) mass is 252 g/mol. The number of hydrogen-bond acceptors (Lipinski definition) is 0. The Morgan fingerprint density at radius 1 is 1.21 bits per heavy atom. The summed E-state index contributed by atoms with van der Waals surface area (Å²) in [5.74, 6) is 0.991. The van der Waals surface area contributed by atoms with Gasteiger partial charge >= 0.3 is 0 Å². The van der Waals surface area contributed by atoms with Gasteiger partial charge in [0.2, 0.25) is 0 Å². The highest BCUT2D eigenvalue weighted by Crippen LogP contribution is 2.29. The quantitative estimate of drug-likeness (QED) is 0.674. The normalized spacial score (nSPS) is 12.9. The molecule has 0 aromatic heterocycles. The van der Waals surface area contributed by atoms with Crippen LogP contribution >= 0.6 is 15.9 Å². The number of halogens is 1. The van der Waals surface area contributed by atoms with Gasteiger partial charge in [-0.05, 0) is 35.1 Å². The molecular weight excluding hydrogens is 236 g/mol. The van der Waals surface area contributed by atoms with Gasteiger partial charge in [-0.2, -0.15) is 0 Å². The van der Waals surface area contributed by atoms with E-state index in [9.17, 15) is 0 Å². The zero-order valence-corrected chi connectivity index (χ0v) is 10.6. The summed E-state index contributed by atoms with van der Waals surface area (Å²) in [5.41, 5.74) is 2.80. The van der Waals surface area contributed by atoms with Gasteiger partial charge in [0.05, 0.1) is 0 Å². The maximum absolute atomic E-state index is 3.85. The van der Waals surface area contributed by atoms with Crippen molar-refractivity contribution in [1.82, 2.24) is 0 Å². The van der Waals surface area contributed by atoms with Crippen molar-refractivity contribution in [3.05, 3.63) is 46.5 Å². The Kier molecular flexibility index (Phi) is 3.94. The summed E-state index contributed by atoms with van der Waals surface area (Å²) in [7, 11) is 0. The maximum atomic E-state index is 3.85. The first-order valence-corrected chi connectivity index (χ1v) is 5.77. The number of rotatable bonds is 3. The van der Waals surface area contributed by atoms with Gasteiger partial charge in [-0.3, -0.25) is 0 Å². The van der Waals surface area contributed by atoms with Crippen molar-refractivity contribution in [3.8, 4) is 0 Å². The first kappa shape index (κ1) is 11.5. The lowest BCUT2D eigenvalue weighted by Gasteiger charge is -2.16. The van der Waals surface area contributed by atoms with Crippen molar-refractivity contribution in [2.75, 3.05) is 0 Å². The SMILES string of the molecule is C=CC(C)c1cc(Br)ccc1C(C)C. The van der Waals surface area contributed by atoms with Crippen LogP contribution in [0.5, 0.6) is 0 Å². The smallest absolute Gasteiger partial charge is 0.0178 e. The molecule has 0 nitrogen and oxygen atoms in total. The number of hydrogen-bond donors (Lipinski definition) is 0. The minimum atomic E-state index is 0.421. The molecule has 0 radical (unpaired) electrons. The Labute approximate surface area is 95.2 Å². The molecule has 0 spiro atoms. The van der Waals surface area contributed by atoms with Crippen molar-refractivity contribution < 1.29 is 0 Å². The molecule has 0 amide bonds. The number of benzene rings is 1. The Bertz CT molecular complexity index is 326. The fourth-order valence-corrected chi connectivity index (χ4v) is 1.97. The second-order valence-electron chi connectivity index (χ2n) is 3.95. The largest absolute Gasteiger partial charge is 0.102 e. The maximum Gasteiger partial charge on any atom is 0.0178 e. The summed E-state index contributed by atoms with van der Waals surface area (Å²) in [6.45, 7) is 10.5. The van der Waals surface area contributed by atoms with Crippen LogP contribution in [-0.2, 0) is 0 Å². The van der Waals surface area contributed by atoms with E-state index >= 15 is 0 Å². The van der Waals surface area contributed by atoms with Crippen LogP contribution in [0.15, 0.2) is 35.3 Å². The average molecular weight is 253 g/mol. The summed E-state index contributed by atoms with van der Waals surface area (Å²) in [5, 5.41) is 0. The van der Waals surface area contributed by atoms with Gasteiger partial charge in [-0.25, -0.2) is 0 Å². The van der Waals surface area contributed by atoms with Crippen LogP contribution in [0.1, 0.15) is 43.7 Å². The predicted molar refractivity (Wildman–Crippen MR) is 66.8 cm³/mol. The third-order valence-electron chi connectivity index (χ3n) is 2.51. The first-order valence-electron chi connectivity index (χ1n) is 4.98. The van der Waals surface area contributed by atoms with E-state index in [0.29, 0.717) is 11.8 Å². The highest BCUT2D eigenvalue weighted by atomic mass is 79.9. The molecule has 0 bridgehead atoms. The molecule has 0 aliphatic heterocycles. The van der Waals surface area contributed by atoms with E-state index in [1.54, 1.807) is 0 Å². The van der Waals surface area contributed by atoms with E-state index in [-0.39, 0.29) is 0 Å². The average Bonchev–Trinajstić information content (AvgIpc) is 2.16. The second-order valence-corrected chi connectivity index (χ2v) is 4.87. The highest BCUT2D eigenvalue weighted by molar-refractivity contribution is 9.10. The molecule has 0 saturated heterocycles. The lowest BCUT2D eigenvalue weighted by molar-refractivity contribution is 0.822. The van der Waals surface area contributed by atoms with Crippen LogP contribution in [0.25, 0.3) is 0 Å². The third kappa shape index (κ3) is 2.48. The van der Waals surface area contributed by atoms with Crippen LogP contribution in [0, 0.1) is 0 Å². The molecule has 0 heterocycles. The van der Waals surface area contributed by atoms with Crippen LogP contribution in [0.2, 0.25) is 0 Å². The molecule has 0 N–H and O–H groups in total. The fourth-order valence-electron chi connectivity index (χ4n) is 1.59. The molecule has 0 aliphatic carbocycles. The molecule has 1 heteroatoms. The van der Waals surface area contributed by atoms with E-state index in [2.05, 4.69) is 61.5 Å². The lowest BCUT2D eigenvalue weighted by Crippen LogP contribution is -1.98. The van der Waals surface area contributed by atoms with E-state index < -0.39 is 0 Å². The van der Waals surface area contributed by atoms with Crippen molar-refractivity contribution in [1.29, 1.82) is 0 Å². The van der Waals surface area contributed by atoms with Gasteiger partial charge in [0, 0.05) is 4.47 Å². The van der Waals surface area contributed by atoms with Crippen molar-refractivity contribution >= 4 is 15.9 Å². The van der Waals surface area contributed by atoms with Gasteiger partial charge in [-0.15, -0.1) is 6.58 Å². The van der Waals surface area contributed by atoms with E-state index in [0.717, 1.165) is 4.47 Å². The van der Waals surface area contributed by atoms with Crippen LogP contribution in [0.3, 0.4) is 0 Å². The molecule has 1 atom stereocenters. The molecule has 76 valence electrons. The Hall–Kier alpha value is -0.560. The topological polar surface area (TPSA) is 0 Å². The zero-order valence-electron chi connectivity index (χ0n) is 9.05. The van der Waals surface area contributed by atoms with E-state index in [1.807, 2.05) is 6.08 Å². The molecule has 1 rings (SSSR count). The molecule has 1 aromatic rings. The molecular formula is C13H17Br. The van der Waals surface area contributed by atoms with Crippen LogP contribution in [-0.4, -0.2) is 0 Å². The minimum absolute atomic E-state index is 0.421. The van der Waals surface area contributed by atoms with Gasteiger partial charge in [-0.1, -0.05) is 48.8 Å². The van der Waals surface area contributed by atoms with Crippen LogP contribution < -0.4 is 0 Å². The van der Waals surface area contributed by atoms with Crippen molar-refractivity contribution in [3.63, 3.8) is 0 Å². The van der Waals surface area contributed by atoms with E-state index in [4.69, 9.17) is 0 Å². The molecule has 1 aromatic carbocycles. The summed E-state index contributed by atoms with van der Waals surface area (Å²) in [6.07, 6.45) is 1.99. The first-order chi connectivity index (χ1) is 6.56. The van der Waals surface area contributed by atoms with Gasteiger partial charge < -0.3 is 0 Å². The van der Waals surface area contributed by atoms with Gasteiger partial charge in [0.25, 0.3) is 0 Å². The summed E-state index contributed by atoms with van der Waals surface area (Å²) in [6, 6.07) is 6.50. The highest BCUT2D eigenvalue weighted by Gasteiger charge is 2.10. The van der Waals surface area contributed by atoms with E-state index in [1.165, 1.54) is 11.1 Å². The Morgan fingerprint density at radius 3 is 2.36 bits per heavy atom. The molecule has 1 unspecified atom stereocenters. The summed E-state index contributed by atoms with van der Waals surface area (Å²) in [4.78, 5) is 0. The Morgan fingerprint density at radius 2 is 1.86 bits per heavy atom. The second kappa shape index (κ2) is 4.79. The van der Waals surface area contributed by atoms with Gasteiger partial charge in [0.15, 0.2) is 0 Å². The van der Waals surface area contributed by atoms with Crippen molar-refractivity contribution in [2.24, 2.45) is 0 Å². The Balaban J connectivity index is 3.22. The van der Waals surface area contributed by atoms with Crippen LogP contribution in [0.4, 0.5) is 0 Å². The summed E-state index contributed by atoms with van der Waals surface area (Å²) >= 11 is 3.51. The summed E-state index contributed by atoms with van der Waals surface area (Å²) < 4.78 is 1.14. The third-order valence-corrected chi connectivity index (χ3v) is 3.01. The van der Waals surface area contributed by atoms with Gasteiger partial charge in [0.1, 0.15) is 0 Å². The minimum Gasteiger partial charge on any atom is -0.102 e. The predicted octanol–water partition coefficient (Wildman–Crippen LogP) is 4.86. The lowest BCUT2D eigenvalue weighted by atomic mass is 9.90. The molecule has 0 aliphatic rings. The van der Waals surface area contributed by atoms with Crippen molar-refractivity contribution in [2.45, 2.75) is 32.6 Å². The molecule has 0 saturated carbocycles. The molecule has 0 fully saturated rings. The fraction of sp³-hybridized carbons (Fsp3) is 0.385. The number of allylic oxidation sites excluding steroid dienone is 1. The standard InChI is InChI=1S/C13H17Br/c1-5-10(4)13-8-11(14)6-7-12(13)9(2)3/h5-10H,1H2,2-4H3. The zero-order chi connectivity index (χ0) is 10.7.